The lowest BCUT2D eigenvalue weighted by Crippen LogP contribution is -2.33. The Hall–Kier alpha value is -2.59. The van der Waals surface area contributed by atoms with Crippen molar-refractivity contribution in [2.75, 3.05) is 12.4 Å². The summed E-state index contributed by atoms with van der Waals surface area (Å²) in [7, 11) is -2.17. The molecule has 0 aliphatic rings. The molecule has 0 unspecified atom stereocenters. The lowest BCUT2D eigenvalue weighted by atomic mass is 10.2. The van der Waals surface area contributed by atoms with Gasteiger partial charge in [0.15, 0.2) is 0 Å². The number of sulfonamides is 1. The van der Waals surface area contributed by atoms with Crippen LogP contribution in [0.25, 0.3) is 0 Å². The molecule has 0 heterocycles. The molecule has 1 N–H and O–H groups in total. The van der Waals surface area contributed by atoms with E-state index in [0.717, 1.165) is 12.1 Å². The maximum absolute atomic E-state index is 12.4. The molecule has 0 atom stereocenters. The fraction of sp³-hybridized carbons (Fsp3) is 0.278. The topological polar surface area (TPSA) is 75.7 Å². The number of benzene rings is 2. The molecule has 6 nitrogen and oxygen atoms in total. The Kier molecular flexibility index (Phi) is 6.35. The van der Waals surface area contributed by atoms with Crippen LogP contribution in [-0.4, -0.2) is 38.1 Å². The highest BCUT2D eigenvalue weighted by Gasteiger charge is 2.31. The molecule has 1 amide bonds. The van der Waals surface area contributed by atoms with Crippen molar-refractivity contribution in [2.45, 2.75) is 31.1 Å². The van der Waals surface area contributed by atoms with E-state index >= 15 is 0 Å². The molecule has 0 aliphatic carbocycles. The predicted molar refractivity (Wildman–Crippen MR) is 97.6 cm³/mol. The number of carbonyl (C=O) groups excluding carboxylic acids is 1. The number of nitrogens with zero attached hydrogens (tertiary/aromatic N) is 1. The van der Waals surface area contributed by atoms with Crippen LogP contribution in [0.5, 0.6) is 5.75 Å². The van der Waals surface area contributed by atoms with Crippen LogP contribution in [0.15, 0.2) is 53.4 Å². The number of anilines is 1. The third kappa shape index (κ3) is 5.46. The van der Waals surface area contributed by atoms with Crippen LogP contribution in [0.1, 0.15) is 24.2 Å². The van der Waals surface area contributed by atoms with Crippen molar-refractivity contribution < 1.29 is 31.1 Å². The summed E-state index contributed by atoms with van der Waals surface area (Å²) < 4.78 is 66.2. The summed E-state index contributed by atoms with van der Waals surface area (Å²) in [6, 6.07) is 9.81. The van der Waals surface area contributed by atoms with Crippen LogP contribution in [-0.2, 0) is 10.0 Å². The van der Waals surface area contributed by atoms with Crippen LogP contribution in [0.2, 0.25) is 0 Å². The Bertz CT molecular complexity index is 925. The van der Waals surface area contributed by atoms with E-state index in [-0.39, 0.29) is 16.5 Å². The smallest absolute Gasteiger partial charge is 0.406 e. The number of amides is 1. The average molecular weight is 416 g/mol. The fourth-order valence-electron chi connectivity index (χ4n) is 2.17. The first kappa shape index (κ1) is 21.7. The van der Waals surface area contributed by atoms with Crippen molar-refractivity contribution in [3.8, 4) is 5.75 Å². The number of hydrogen-bond acceptors (Lipinski definition) is 4. The third-order valence-corrected chi connectivity index (χ3v) is 5.91. The van der Waals surface area contributed by atoms with E-state index in [1.165, 1.54) is 47.8 Å². The van der Waals surface area contributed by atoms with Crippen molar-refractivity contribution in [3.63, 3.8) is 0 Å². The van der Waals surface area contributed by atoms with Gasteiger partial charge in [-0.1, -0.05) is 0 Å². The summed E-state index contributed by atoms with van der Waals surface area (Å²) in [4.78, 5) is 12.3. The summed E-state index contributed by atoms with van der Waals surface area (Å²) in [6.07, 6.45) is -4.81. The van der Waals surface area contributed by atoms with Crippen LogP contribution >= 0.6 is 0 Å². The Morgan fingerprint density at radius 1 is 1.04 bits per heavy atom. The van der Waals surface area contributed by atoms with Crippen molar-refractivity contribution in [1.29, 1.82) is 0 Å². The zero-order valence-electron chi connectivity index (χ0n) is 15.3. The molecule has 0 spiro atoms. The number of ether oxygens (including phenoxy) is 1. The number of carbonyl (C=O) groups is 1. The number of rotatable bonds is 6. The Balaban J connectivity index is 2.09. The molecular formula is C18H19F3N2O4S. The molecule has 0 aliphatic heterocycles. The normalized spacial score (nSPS) is 12.3. The summed E-state index contributed by atoms with van der Waals surface area (Å²) in [6.45, 7) is 3.49. The molecule has 0 saturated heterocycles. The van der Waals surface area contributed by atoms with E-state index in [4.69, 9.17) is 0 Å². The quantitative estimate of drug-likeness (QED) is 0.776. The Morgan fingerprint density at radius 2 is 1.57 bits per heavy atom. The molecule has 2 aromatic rings. The van der Waals surface area contributed by atoms with Crippen molar-refractivity contribution in [3.05, 3.63) is 54.1 Å². The van der Waals surface area contributed by atoms with Crippen LogP contribution in [0.3, 0.4) is 0 Å². The monoisotopic (exact) mass is 416 g/mol. The van der Waals surface area contributed by atoms with Gasteiger partial charge < -0.3 is 10.1 Å². The molecule has 2 rings (SSSR count). The van der Waals surface area contributed by atoms with Crippen molar-refractivity contribution in [1.82, 2.24) is 4.31 Å². The van der Waals surface area contributed by atoms with Crippen LogP contribution < -0.4 is 10.1 Å². The first-order valence-electron chi connectivity index (χ1n) is 8.15. The second kappa shape index (κ2) is 8.19. The van der Waals surface area contributed by atoms with Gasteiger partial charge in [0, 0.05) is 24.3 Å². The minimum atomic E-state index is -4.81. The van der Waals surface area contributed by atoms with E-state index in [9.17, 15) is 26.4 Å². The van der Waals surface area contributed by atoms with Gasteiger partial charge in [-0.2, -0.15) is 4.31 Å². The zero-order chi connectivity index (χ0) is 21.1. The van der Waals surface area contributed by atoms with E-state index in [1.54, 1.807) is 13.8 Å². The van der Waals surface area contributed by atoms with E-state index in [0.29, 0.717) is 5.69 Å². The number of nitrogens with one attached hydrogen (secondary N) is 1. The molecule has 28 heavy (non-hydrogen) atoms. The minimum Gasteiger partial charge on any atom is -0.406 e. The van der Waals surface area contributed by atoms with E-state index < -0.39 is 28.0 Å². The molecule has 0 radical (unpaired) electrons. The number of hydrogen-bond donors (Lipinski definition) is 1. The first-order valence-corrected chi connectivity index (χ1v) is 9.59. The molecule has 152 valence electrons. The van der Waals surface area contributed by atoms with Crippen LogP contribution in [0.4, 0.5) is 18.9 Å². The second-order valence-electron chi connectivity index (χ2n) is 6.17. The second-order valence-corrected chi connectivity index (χ2v) is 8.16. The molecule has 0 bridgehead atoms. The van der Waals surface area contributed by atoms with Crippen molar-refractivity contribution in [2.24, 2.45) is 0 Å². The molecule has 0 aromatic heterocycles. The van der Waals surface area contributed by atoms with Crippen LogP contribution in [0, 0.1) is 0 Å². The lowest BCUT2D eigenvalue weighted by molar-refractivity contribution is -0.274. The van der Waals surface area contributed by atoms with Crippen molar-refractivity contribution >= 4 is 21.6 Å². The van der Waals surface area contributed by atoms with Gasteiger partial charge in [-0.3, -0.25) is 4.79 Å². The van der Waals surface area contributed by atoms with Gasteiger partial charge in [0.25, 0.3) is 5.91 Å². The fourth-order valence-corrected chi connectivity index (χ4v) is 3.53. The standard InChI is InChI=1S/C18H19F3N2O4S/c1-12(2)23(3)28(25,26)16-10-6-14(7-11-16)22-17(24)13-4-8-15(9-5-13)27-18(19,20)21/h4-12H,1-3H3,(H,22,24). The third-order valence-electron chi connectivity index (χ3n) is 3.87. The molecule has 2 aromatic carbocycles. The Labute approximate surface area is 161 Å². The summed E-state index contributed by atoms with van der Waals surface area (Å²) in [5.74, 6) is -0.999. The molecule has 0 saturated carbocycles. The minimum absolute atomic E-state index is 0.0790. The van der Waals surface area contributed by atoms with Gasteiger partial charge in [-0.05, 0) is 62.4 Å². The van der Waals surface area contributed by atoms with Gasteiger partial charge in [-0.15, -0.1) is 13.2 Å². The average Bonchev–Trinajstić information content (AvgIpc) is 2.60. The predicted octanol–water partition coefficient (Wildman–Crippen LogP) is 3.87. The van der Waals surface area contributed by atoms with Gasteiger partial charge in [0.1, 0.15) is 5.75 Å². The largest absolute Gasteiger partial charge is 0.573 e. The summed E-state index contributed by atoms with van der Waals surface area (Å²) in [5.41, 5.74) is 0.456. The molecule has 10 heteroatoms. The van der Waals surface area contributed by atoms with Gasteiger partial charge in [0.05, 0.1) is 4.90 Å². The first-order chi connectivity index (χ1) is 12.9. The zero-order valence-corrected chi connectivity index (χ0v) is 16.1. The summed E-state index contributed by atoms with van der Waals surface area (Å²) in [5, 5.41) is 2.55. The summed E-state index contributed by atoms with van der Waals surface area (Å²) >= 11 is 0. The van der Waals surface area contributed by atoms with Gasteiger partial charge >= 0.3 is 6.36 Å². The maximum atomic E-state index is 12.4. The molecular weight excluding hydrogens is 397 g/mol. The van der Waals surface area contributed by atoms with E-state index in [2.05, 4.69) is 10.1 Å². The van der Waals surface area contributed by atoms with Gasteiger partial charge in [0.2, 0.25) is 10.0 Å². The highest BCUT2D eigenvalue weighted by Crippen LogP contribution is 2.23. The lowest BCUT2D eigenvalue weighted by Gasteiger charge is -2.21. The number of alkyl halides is 3. The highest BCUT2D eigenvalue weighted by molar-refractivity contribution is 7.89. The Morgan fingerprint density at radius 3 is 2.04 bits per heavy atom. The van der Waals surface area contributed by atoms with Gasteiger partial charge in [-0.25, -0.2) is 8.42 Å². The van der Waals surface area contributed by atoms with E-state index in [1.807, 2.05) is 0 Å². The SMILES string of the molecule is CC(C)N(C)S(=O)(=O)c1ccc(NC(=O)c2ccc(OC(F)(F)F)cc2)cc1. The number of halogens is 3. The maximum Gasteiger partial charge on any atom is 0.573 e. The highest BCUT2D eigenvalue weighted by atomic mass is 32.2. The molecule has 0 fully saturated rings.